The number of carbonyl (C=O) groups excluding carboxylic acids is 1. The van der Waals surface area contributed by atoms with Gasteiger partial charge in [-0.15, -0.1) is 0 Å². The molecular weight excluding hydrogens is 266 g/mol. The number of rotatable bonds is 6. The molecule has 112 valence electrons. The average molecular weight is 287 g/mol. The van der Waals surface area contributed by atoms with Gasteiger partial charge in [0.25, 0.3) is 0 Å². The molecule has 0 aliphatic carbocycles. The van der Waals surface area contributed by atoms with Crippen LogP contribution in [0.2, 0.25) is 0 Å². The Kier molecular flexibility index (Phi) is 5.11. The van der Waals surface area contributed by atoms with Crippen LogP contribution < -0.4 is 10.6 Å². The van der Waals surface area contributed by atoms with E-state index in [0.29, 0.717) is 0 Å². The van der Waals surface area contributed by atoms with E-state index in [9.17, 15) is 4.79 Å². The van der Waals surface area contributed by atoms with E-state index >= 15 is 0 Å². The fourth-order valence-corrected chi connectivity index (χ4v) is 2.38. The Hall–Kier alpha value is -2.14. The van der Waals surface area contributed by atoms with Crippen LogP contribution in [-0.4, -0.2) is 17.6 Å². The molecule has 2 N–H and O–H groups in total. The minimum atomic E-state index is -0.0635. The van der Waals surface area contributed by atoms with Crippen molar-refractivity contribution in [2.75, 3.05) is 11.9 Å². The predicted octanol–water partition coefficient (Wildman–Crippen LogP) is 2.97. The van der Waals surface area contributed by atoms with Crippen LogP contribution in [0.3, 0.4) is 0 Å². The van der Waals surface area contributed by atoms with Crippen LogP contribution in [0.25, 0.3) is 0 Å². The molecule has 2 aromatic rings. The molecule has 0 aliphatic rings. The Morgan fingerprint density at radius 2 is 2.00 bits per heavy atom. The summed E-state index contributed by atoms with van der Waals surface area (Å²) in [6.07, 6.45) is 0.863. The highest BCUT2D eigenvalue weighted by atomic mass is 16.5. The number of hydrogen-bond donors (Lipinski definition) is 2. The third kappa shape index (κ3) is 3.92. The third-order valence-electron chi connectivity index (χ3n) is 3.41. The highest BCUT2D eigenvalue weighted by molar-refractivity contribution is 5.92. The zero-order chi connectivity index (χ0) is 15.2. The van der Waals surface area contributed by atoms with Crippen molar-refractivity contribution >= 4 is 11.6 Å². The molecule has 1 atom stereocenters. The zero-order valence-corrected chi connectivity index (χ0v) is 12.6. The first-order valence-electron chi connectivity index (χ1n) is 7.12. The van der Waals surface area contributed by atoms with Crippen LogP contribution in [0.4, 0.5) is 5.69 Å². The number of nitrogens with zero attached hydrogens (tertiary/aromatic N) is 1. The third-order valence-corrected chi connectivity index (χ3v) is 3.41. The normalized spacial score (nSPS) is 12.1. The topological polar surface area (TPSA) is 67.2 Å². The minimum absolute atomic E-state index is 0.0635. The highest BCUT2D eigenvalue weighted by Gasteiger charge is 2.19. The van der Waals surface area contributed by atoms with Crippen LogP contribution in [0.1, 0.15) is 36.4 Å². The van der Waals surface area contributed by atoms with Crippen molar-refractivity contribution in [3.63, 3.8) is 0 Å². The van der Waals surface area contributed by atoms with Crippen molar-refractivity contribution < 1.29 is 9.32 Å². The zero-order valence-electron chi connectivity index (χ0n) is 12.6. The molecule has 0 fully saturated rings. The van der Waals surface area contributed by atoms with Gasteiger partial charge in [0, 0.05) is 17.3 Å². The number of aromatic nitrogens is 1. The van der Waals surface area contributed by atoms with Crippen LogP contribution >= 0.6 is 0 Å². The van der Waals surface area contributed by atoms with Gasteiger partial charge in [-0.3, -0.25) is 4.79 Å². The van der Waals surface area contributed by atoms with Crippen LogP contribution in [0.5, 0.6) is 0 Å². The van der Waals surface area contributed by atoms with Crippen molar-refractivity contribution in [2.45, 2.75) is 33.2 Å². The first-order chi connectivity index (χ1) is 10.1. The Morgan fingerprint density at radius 1 is 1.29 bits per heavy atom. The maximum Gasteiger partial charge on any atom is 0.238 e. The Bertz CT molecular complexity index is 573. The molecule has 1 amide bonds. The fourth-order valence-electron chi connectivity index (χ4n) is 2.38. The van der Waals surface area contributed by atoms with Crippen molar-refractivity contribution in [1.29, 1.82) is 0 Å². The summed E-state index contributed by atoms with van der Waals surface area (Å²) in [5.74, 6) is 0.738. The lowest BCUT2D eigenvalue weighted by Crippen LogP contribution is -2.31. The summed E-state index contributed by atoms with van der Waals surface area (Å²) in [5.41, 5.74) is 2.72. The monoisotopic (exact) mass is 287 g/mol. The second-order valence-electron chi connectivity index (χ2n) is 4.99. The summed E-state index contributed by atoms with van der Waals surface area (Å²) in [4.78, 5) is 12.0. The Labute approximate surface area is 124 Å². The van der Waals surface area contributed by atoms with Gasteiger partial charge in [-0.25, -0.2) is 0 Å². The molecule has 1 aromatic heterocycles. The smallest absolute Gasteiger partial charge is 0.238 e. The maximum absolute atomic E-state index is 12.0. The van der Waals surface area contributed by atoms with E-state index in [2.05, 4.69) is 22.7 Å². The number of amides is 1. The molecule has 1 heterocycles. The summed E-state index contributed by atoms with van der Waals surface area (Å²) in [7, 11) is 0. The Balaban J connectivity index is 1.93. The average Bonchev–Trinajstić information content (AvgIpc) is 2.81. The molecule has 0 spiro atoms. The molecule has 5 nitrogen and oxygen atoms in total. The number of hydrogen-bond acceptors (Lipinski definition) is 4. The second-order valence-corrected chi connectivity index (χ2v) is 4.99. The summed E-state index contributed by atoms with van der Waals surface area (Å²) in [6.45, 7) is 6.13. The molecule has 0 bridgehead atoms. The quantitative estimate of drug-likeness (QED) is 0.857. The molecular formula is C16H21N3O2. The number of anilines is 1. The van der Waals surface area contributed by atoms with E-state index in [0.717, 1.165) is 29.1 Å². The number of benzene rings is 1. The number of aryl methyl sites for hydroxylation is 2. The van der Waals surface area contributed by atoms with E-state index in [4.69, 9.17) is 4.52 Å². The summed E-state index contributed by atoms with van der Waals surface area (Å²) >= 11 is 0. The van der Waals surface area contributed by atoms with Gasteiger partial charge in [0.05, 0.1) is 12.2 Å². The molecule has 1 aromatic carbocycles. The van der Waals surface area contributed by atoms with E-state index in [1.807, 2.05) is 44.2 Å². The van der Waals surface area contributed by atoms with Crippen molar-refractivity contribution in [1.82, 2.24) is 10.5 Å². The largest absolute Gasteiger partial charge is 0.361 e. The van der Waals surface area contributed by atoms with Crippen LogP contribution in [0.15, 0.2) is 34.9 Å². The van der Waals surface area contributed by atoms with Crippen LogP contribution in [0, 0.1) is 13.8 Å². The molecule has 2 rings (SSSR count). The molecule has 0 radical (unpaired) electrons. The van der Waals surface area contributed by atoms with Gasteiger partial charge < -0.3 is 15.2 Å². The SMILES string of the molecule is CCC(NCC(=O)Nc1ccccc1)c1c(C)noc1C. The van der Waals surface area contributed by atoms with Gasteiger partial charge >= 0.3 is 0 Å². The molecule has 0 aliphatic heterocycles. The maximum atomic E-state index is 12.0. The van der Waals surface area contributed by atoms with Gasteiger partial charge in [0.2, 0.25) is 5.91 Å². The van der Waals surface area contributed by atoms with Crippen molar-refractivity contribution in [3.8, 4) is 0 Å². The first kappa shape index (κ1) is 15.3. The number of nitrogens with one attached hydrogen (secondary N) is 2. The molecule has 0 saturated heterocycles. The fraction of sp³-hybridized carbons (Fsp3) is 0.375. The van der Waals surface area contributed by atoms with Gasteiger partial charge in [-0.05, 0) is 32.4 Å². The van der Waals surface area contributed by atoms with Crippen LogP contribution in [-0.2, 0) is 4.79 Å². The second kappa shape index (κ2) is 7.04. The number of carbonyl (C=O) groups is 1. The van der Waals surface area contributed by atoms with Gasteiger partial charge in [0.1, 0.15) is 5.76 Å². The lowest BCUT2D eigenvalue weighted by atomic mass is 10.0. The number of para-hydroxylation sites is 1. The van der Waals surface area contributed by atoms with E-state index in [-0.39, 0.29) is 18.5 Å². The van der Waals surface area contributed by atoms with Crippen molar-refractivity contribution in [2.24, 2.45) is 0 Å². The summed E-state index contributed by atoms with van der Waals surface area (Å²) < 4.78 is 5.19. The lowest BCUT2D eigenvalue weighted by molar-refractivity contribution is -0.115. The van der Waals surface area contributed by atoms with E-state index < -0.39 is 0 Å². The van der Waals surface area contributed by atoms with Crippen molar-refractivity contribution in [3.05, 3.63) is 47.3 Å². The summed E-state index contributed by atoms with van der Waals surface area (Å²) in [6, 6.07) is 9.49. The van der Waals surface area contributed by atoms with E-state index in [1.165, 1.54) is 0 Å². The summed E-state index contributed by atoms with van der Waals surface area (Å²) in [5, 5.41) is 10.1. The first-order valence-corrected chi connectivity index (χ1v) is 7.12. The Morgan fingerprint density at radius 3 is 2.57 bits per heavy atom. The van der Waals surface area contributed by atoms with Gasteiger partial charge in [0.15, 0.2) is 0 Å². The molecule has 5 heteroatoms. The highest BCUT2D eigenvalue weighted by Crippen LogP contribution is 2.23. The van der Waals surface area contributed by atoms with Gasteiger partial charge in [-0.2, -0.15) is 0 Å². The molecule has 1 unspecified atom stereocenters. The van der Waals surface area contributed by atoms with Gasteiger partial charge in [-0.1, -0.05) is 30.3 Å². The lowest BCUT2D eigenvalue weighted by Gasteiger charge is -2.16. The molecule has 21 heavy (non-hydrogen) atoms. The molecule has 0 saturated carbocycles. The predicted molar refractivity (Wildman–Crippen MR) is 82.1 cm³/mol. The minimum Gasteiger partial charge on any atom is -0.361 e. The van der Waals surface area contributed by atoms with E-state index in [1.54, 1.807) is 0 Å². The standard InChI is InChI=1S/C16H21N3O2/c1-4-14(16-11(2)19-21-12(16)3)17-10-15(20)18-13-8-6-5-7-9-13/h5-9,14,17H,4,10H2,1-3H3,(H,18,20).